The average Bonchev–Trinajstić information content (AvgIpc) is 1.87. The minimum atomic E-state index is -0.833. The van der Waals surface area contributed by atoms with Crippen molar-refractivity contribution in [1.82, 2.24) is 0 Å². The van der Waals surface area contributed by atoms with Crippen molar-refractivity contribution in [2.24, 2.45) is 0 Å². The number of para-hydroxylation sites is 1. The van der Waals surface area contributed by atoms with Crippen LogP contribution in [0.15, 0.2) is 30.3 Å². The predicted molar refractivity (Wildman–Crippen MR) is 51.3 cm³/mol. The van der Waals surface area contributed by atoms with Crippen molar-refractivity contribution in [2.75, 3.05) is 5.73 Å². The van der Waals surface area contributed by atoms with E-state index in [-0.39, 0.29) is 51.4 Å². The first kappa shape index (κ1) is 14.6. The molecule has 1 aromatic carbocycles. The molecule has 3 N–H and O–H groups in total. The molecule has 12 heavy (non-hydrogen) atoms. The van der Waals surface area contributed by atoms with Gasteiger partial charge in [-0.1, -0.05) is 18.2 Å². The molecule has 1 aromatic rings. The SMILES string of the molecule is CC(=O)O.Nc1ccccc1.[KH]. The van der Waals surface area contributed by atoms with Crippen LogP contribution in [0.5, 0.6) is 0 Å². The summed E-state index contributed by atoms with van der Waals surface area (Å²) in [5, 5.41) is 7.42. The average molecular weight is 193 g/mol. The van der Waals surface area contributed by atoms with Gasteiger partial charge in [0.15, 0.2) is 0 Å². The summed E-state index contributed by atoms with van der Waals surface area (Å²) in [6.45, 7) is 1.08. The molecule has 0 aromatic heterocycles. The predicted octanol–water partition coefficient (Wildman–Crippen LogP) is 0.711. The van der Waals surface area contributed by atoms with Crippen molar-refractivity contribution in [1.29, 1.82) is 0 Å². The van der Waals surface area contributed by atoms with Gasteiger partial charge >= 0.3 is 51.4 Å². The molecule has 0 heterocycles. The van der Waals surface area contributed by atoms with Gasteiger partial charge in [-0.05, 0) is 12.1 Å². The van der Waals surface area contributed by atoms with Crippen LogP contribution >= 0.6 is 0 Å². The van der Waals surface area contributed by atoms with Crippen LogP contribution in [-0.2, 0) is 4.79 Å². The maximum atomic E-state index is 9.00. The normalized spacial score (nSPS) is 7.08. The number of benzene rings is 1. The standard InChI is InChI=1S/C6H7N.C2H4O2.K.H/c7-6-4-2-1-3-5-6;1-2(3)4;;/h1-5H,7H2;1H3,(H,3,4);;. The Morgan fingerprint density at radius 1 is 1.33 bits per heavy atom. The fraction of sp³-hybridized carbons (Fsp3) is 0.125. The molecule has 0 aliphatic heterocycles. The molecule has 0 aliphatic carbocycles. The summed E-state index contributed by atoms with van der Waals surface area (Å²) in [6.07, 6.45) is 0. The number of hydrogen-bond donors (Lipinski definition) is 2. The zero-order chi connectivity index (χ0) is 8.69. The second-order valence-corrected chi connectivity index (χ2v) is 1.93. The van der Waals surface area contributed by atoms with Crippen LogP contribution in [-0.4, -0.2) is 62.5 Å². The van der Waals surface area contributed by atoms with E-state index in [1.165, 1.54) is 0 Å². The number of carboxylic acids is 1. The Kier molecular flexibility index (Phi) is 11.2. The van der Waals surface area contributed by atoms with Crippen LogP contribution in [0.3, 0.4) is 0 Å². The molecule has 0 aliphatic rings. The van der Waals surface area contributed by atoms with E-state index in [9.17, 15) is 0 Å². The second-order valence-electron chi connectivity index (χ2n) is 1.93. The fourth-order valence-electron chi connectivity index (χ4n) is 0.453. The summed E-state index contributed by atoms with van der Waals surface area (Å²) in [5.41, 5.74) is 6.18. The number of anilines is 1. The third-order valence-electron chi connectivity index (χ3n) is 0.800. The first-order valence-electron chi connectivity index (χ1n) is 3.13. The molecule has 0 amide bonds. The molecule has 4 heteroatoms. The molecule has 0 radical (unpaired) electrons. The van der Waals surface area contributed by atoms with Gasteiger partial charge in [-0.3, -0.25) is 4.79 Å². The third-order valence-corrected chi connectivity index (χ3v) is 0.800. The van der Waals surface area contributed by atoms with E-state index in [0.717, 1.165) is 12.6 Å². The number of hydrogen-bond acceptors (Lipinski definition) is 2. The summed E-state index contributed by atoms with van der Waals surface area (Å²) < 4.78 is 0. The molecule has 0 saturated heterocycles. The monoisotopic (exact) mass is 193 g/mol. The maximum absolute atomic E-state index is 9.00. The van der Waals surface area contributed by atoms with E-state index in [0.29, 0.717) is 0 Å². The molecule has 0 spiro atoms. The Morgan fingerprint density at radius 3 is 1.83 bits per heavy atom. The number of nitrogen functional groups attached to an aromatic ring is 1. The van der Waals surface area contributed by atoms with Crippen molar-refractivity contribution < 1.29 is 9.90 Å². The molecule has 0 atom stereocenters. The molecule has 0 fully saturated rings. The van der Waals surface area contributed by atoms with E-state index in [2.05, 4.69) is 0 Å². The number of nitrogens with two attached hydrogens (primary N) is 1. The molecule has 3 nitrogen and oxygen atoms in total. The van der Waals surface area contributed by atoms with Gasteiger partial charge in [-0.15, -0.1) is 0 Å². The summed E-state index contributed by atoms with van der Waals surface area (Å²) in [6, 6.07) is 9.49. The molecule has 0 saturated carbocycles. The van der Waals surface area contributed by atoms with Gasteiger partial charge in [-0.2, -0.15) is 0 Å². The van der Waals surface area contributed by atoms with E-state index in [1.807, 2.05) is 30.3 Å². The Hall–Kier alpha value is 0.126. The van der Waals surface area contributed by atoms with Crippen LogP contribution in [0, 0.1) is 0 Å². The quantitative estimate of drug-likeness (QED) is 0.471. The number of carbonyl (C=O) groups is 1. The number of aliphatic carboxylic acids is 1. The summed E-state index contributed by atoms with van der Waals surface area (Å²) >= 11 is 0. The Balaban J connectivity index is 0. The van der Waals surface area contributed by atoms with E-state index < -0.39 is 5.97 Å². The first-order chi connectivity index (χ1) is 5.13. The molecular formula is C8H12KNO2. The van der Waals surface area contributed by atoms with Crippen LogP contribution in [0.25, 0.3) is 0 Å². The summed E-state index contributed by atoms with van der Waals surface area (Å²) in [5.74, 6) is -0.833. The van der Waals surface area contributed by atoms with Gasteiger partial charge in [0.05, 0.1) is 0 Å². The van der Waals surface area contributed by atoms with Crippen LogP contribution in [0.2, 0.25) is 0 Å². The van der Waals surface area contributed by atoms with Crippen molar-refractivity contribution in [3.05, 3.63) is 30.3 Å². The van der Waals surface area contributed by atoms with E-state index >= 15 is 0 Å². The zero-order valence-electron chi connectivity index (χ0n) is 6.32. The zero-order valence-corrected chi connectivity index (χ0v) is 6.32. The number of carboxylic acid groups (broad SMARTS) is 1. The summed E-state index contributed by atoms with van der Waals surface area (Å²) in [7, 11) is 0. The topological polar surface area (TPSA) is 63.3 Å². The fourth-order valence-corrected chi connectivity index (χ4v) is 0.453. The Bertz CT molecular complexity index is 210. The van der Waals surface area contributed by atoms with E-state index in [1.54, 1.807) is 0 Å². The molecule has 0 unspecified atom stereocenters. The van der Waals surface area contributed by atoms with Gasteiger partial charge in [0, 0.05) is 12.6 Å². The van der Waals surface area contributed by atoms with Gasteiger partial charge in [-0.25, -0.2) is 0 Å². The first-order valence-corrected chi connectivity index (χ1v) is 3.13. The second kappa shape index (κ2) is 9.22. The van der Waals surface area contributed by atoms with Crippen LogP contribution in [0.4, 0.5) is 5.69 Å². The third kappa shape index (κ3) is 12.8. The van der Waals surface area contributed by atoms with Gasteiger partial charge in [0.25, 0.3) is 5.97 Å². The van der Waals surface area contributed by atoms with Crippen molar-refractivity contribution in [3.63, 3.8) is 0 Å². The molecule has 1 rings (SSSR count). The van der Waals surface area contributed by atoms with Crippen LogP contribution < -0.4 is 5.73 Å². The minimum absolute atomic E-state index is 0. The Morgan fingerprint density at radius 2 is 1.67 bits per heavy atom. The number of rotatable bonds is 0. The van der Waals surface area contributed by atoms with Gasteiger partial charge < -0.3 is 10.8 Å². The van der Waals surface area contributed by atoms with Crippen molar-refractivity contribution in [2.45, 2.75) is 6.92 Å². The van der Waals surface area contributed by atoms with Crippen LogP contribution in [0.1, 0.15) is 6.92 Å². The molecular weight excluding hydrogens is 181 g/mol. The Labute approximate surface area is 114 Å². The van der Waals surface area contributed by atoms with Crippen molar-refractivity contribution >= 4 is 63.0 Å². The van der Waals surface area contributed by atoms with Gasteiger partial charge in [0.2, 0.25) is 0 Å². The van der Waals surface area contributed by atoms with Crippen molar-refractivity contribution in [3.8, 4) is 0 Å². The van der Waals surface area contributed by atoms with E-state index in [4.69, 9.17) is 15.6 Å². The molecule has 0 bridgehead atoms. The summed E-state index contributed by atoms with van der Waals surface area (Å²) in [4.78, 5) is 9.00. The molecule has 62 valence electrons. The van der Waals surface area contributed by atoms with Gasteiger partial charge in [0.1, 0.15) is 0 Å².